The molecule has 0 saturated heterocycles. The number of rotatable bonds is 1. The maximum Gasteiger partial charge on any atom is 0.435 e. The van der Waals surface area contributed by atoms with Gasteiger partial charge in [0.2, 0.25) is 5.12 Å². The van der Waals surface area contributed by atoms with E-state index >= 15 is 0 Å². The van der Waals surface area contributed by atoms with Crippen molar-refractivity contribution < 1.29 is 18.0 Å². The van der Waals surface area contributed by atoms with Crippen LogP contribution in [0.3, 0.4) is 0 Å². The van der Waals surface area contributed by atoms with E-state index in [9.17, 15) is 18.0 Å². The smallest absolute Gasteiger partial charge is 0.281 e. The first-order chi connectivity index (χ1) is 7.50. The first-order valence-electron chi connectivity index (χ1n) is 4.47. The molecule has 0 saturated carbocycles. The van der Waals surface area contributed by atoms with Crippen LogP contribution in [0, 0.1) is 0 Å². The molecule has 0 bridgehead atoms. The number of carbonyl (C=O) groups is 1. The van der Waals surface area contributed by atoms with Crippen LogP contribution in [0.2, 0.25) is 4.47 Å². The van der Waals surface area contributed by atoms with Crippen molar-refractivity contribution in [1.29, 1.82) is 0 Å². The molecular weight excluding hydrogens is 295 g/mol. The van der Waals surface area contributed by atoms with Gasteiger partial charge in [-0.1, -0.05) is 55.5 Å². The van der Waals surface area contributed by atoms with Crippen LogP contribution in [0.25, 0.3) is 0 Å². The topological polar surface area (TPSA) is 30.0 Å². The van der Waals surface area contributed by atoms with E-state index in [4.69, 9.17) is 11.6 Å². The normalized spacial score (nSPS) is 12.9. The van der Waals surface area contributed by atoms with Crippen LogP contribution in [0.1, 0.15) is 36.1 Å². The van der Waals surface area contributed by atoms with Gasteiger partial charge < -0.3 is 0 Å². The molecule has 1 rings (SSSR count). The quantitative estimate of drug-likeness (QED) is 0.766. The summed E-state index contributed by atoms with van der Waals surface area (Å²) in [6.45, 7) is 5.22. The maximum absolute atomic E-state index is 12.6. The van der Waals surface area contributed by atoms with Crippen molar-refractivity contribution in [3.8, 4) is 0 Å². The lowest BCUT2D eigenvalue weighted by molar-refractivity contribution is -0.141. The minimum Gasteiger partial charge on any atom is -0.281 e. The monoisotopic (exact) mass is 303 g/mol. The lowest BCUT2D eigenvalue weighted by Gasteiger charge is -2.15. The zero-order valence-electron chi connectivity index (χ0n) is 9.18. The molecule has 0 amide bonds. The largest absolute Gasteiger partial charge is 0.435 e. The highest BCUT2D eigenvalue weighted by atomic mass is 35.5. The van der Waals surface area contributed by atoms with E-state index < -0.39 is 26.6 Å². The van der Waals surface area contributed by atoms with Crippen molar-refractivity contribution in [3.05, 3.63) is 15.0 Å². The number of thioether (sulfide) groups is 1. The summed E-state index contributed by atoms with van der Waals surface area (Å²) in [5, 5.41) is -0.658. The molecule has 17 heavy (non-hydrogen) atoms. The SMILES string of the molecule is CC(C)(C)SC(=O)c1sc(Cl)nc1C(F)(F)F. The fourth-order valence-corrected chi connectivity index (χ4v) is 2.91. The summed E-state index contributed by atoms with van der Waals surface area (Å²) in [4.78, 5) is 14.4. The Bertz CT molecular complexity index is 436. The van der Waals surface area contributed by atoms with Crippen LogP contribution < -0.4 is 0 Å². The zero-order chi connectivity index (χ0) is 13.4. The number of hydrogen-bond donors (Lipinski definition) is 0. The van der Waals surface area contributed by atoms with Gasteiger partial charge in [0.1, 0.15) is 4.88 Å². The van der Waals surface area contributed by atoms with Gasteiger partial charge in [-0.3, -0.25) is 4.79 Å². The summed E-state index contributed by atoms with van der Waals surface area (Å²) in [5.74, 6) is 0. The molecular formula is C9H9ClF3NOS2. The molecule has 0 aliphatic rings. The fourth-order valence-electron chi connectivity index (χ4n) is 0.949. The van der Waals surface area contributed by atoms with E-state index in [2.05, 4.69) is 4.98 Å². The number of aromatic nitrogens is 1. The lowest BCUT2D eigenvalue weighted by atomic mass is 10.3. The molecule has 1 aromatic heterocycles. The van der Waals surface area contributed by atoms with Gasteiger partial charge in [0.05, 0.1) is 0 Å². The van der Waals surface area contributed by atoms with Crippen molar-refractivity contribution in [2.75, 3.05) is 0 Å². The molecule has 0 fully saturated rings. The van der Waals surface area contributed by atoms with Crippen molar-refractivity contribution >= 4 is 39.8 Å². The summed E-state index contributed by atoms with van der Waals surface area (Å²) < 4.78 is 37.0. The first-order valence-corrected chi connectivity index (χ1v) is 6.48. The van der Waals surface area contributed by atoms with Gasteiger partial charge in [0.25, 0.3) is 0 Å². The van der Waals surface area contributed by atoms with Crippen LogP contribution in [0.15, 0.2) is 0 Å². The number of alkyl halides is 3. The molecule has 0 spiro atoms. The number of nitrogens with zero attached hydrogens (tertiary/aromatic N) is 1. The van der Waals surface area contributed by atoms with Crippen LogP contribution >= 0.6 is 34.7 Å². The van der Waals surface area contributed by atoms with E-state index in [1.54, 1.807) is 20.8 Å². The van der Waals surface area contributed by atoms with Crippen molar-refractivity contribution in [3.63, 3.8) is 0 Å². The van der Waals surface area contributed by atoms with Crippen molar-refractivity contribution in [2.45, 2.75) is 31.7 Å². The van der Waals surface area contributed by atoms with Gasteiger partial charge in [-0.2, -0.15) is 13.2 Å². The number of carbonyl (C=O) groups excluding carboxylic acids is 1. The third-order valence-corrected chi connectivity index (χ3v) is 3.74. The second kappa shape index (κ2) is 4.78. The molecule has 1 heterocycles. The molecule has 0 N–H and O–H groups in total. The van der Waals surface area contributed by atoms with Gasteiger partial charge in [0.15, 0.2) is 10.2 Å². The highest BCUT2D eigenvalue weighted by Crippen LogP contribution is 2.39. The molecule has 0 aliphatic carbocycles. The predicted octanol–water partition coefficient (Wildman–Crippen LogP) is 4.49. The van der Waals surface area contributed by atoms with Crippen molar-refractivity contribution in [2.24, 2.45) is 0 Å². The third kappa shape index (κ3) is 4.15. The molecule has 0 radical (unpaired) electrons. The number of thiazole rings is 1. The molecule has 0 aromatic carbocycles. The first kappa shape index (κ1) is 14.8. The van der Waals surface area contributed by atoms with Gasteiger partial charge >= 0.3 is 6.18 Å². The molecule has 2 nitrogen and oxygen atoms in total. The van der Waals surface area contributed by atoms with E-state index in [0.717, 1.165) is 11.8 Å². The van der Waals surface area contributed by atoms with Gasteiger partial charge in [-0.25, -0.2) is 4.98 Å². The van der Waals surface area contributed by atoms with Gasteiger partial charge in [-0.15, -0.1) is 0 Å². The van der Waals surface area contributed by atoms with E-state index in [1.807, 2.05) is 0 Å². The average Bonchev–Trinajstić information content (AvgIpc) is 2.43. The number of halogens is 4. The van der Waals surface area contributed by atoms with Crippen LogP contribution in [-0.4, -0.2) is 14.8 Å². The third-order valence-electron chi connectivity index (χ3n) is 1.45. The second-order valence-electron chi connectivity index (χ2n) is 4.14. The van der Waals surface area contributed by atoms with E-state index in [0.29, 0.717) is 11.3 Å². The second-order valence-corrected chi connectivity index (χ2v) is 7.53. The average molecular weight is 304 g/mol. The summed E-state index contributed by atoms with van der Waals surface area (Å²) in [6, 6.07) is 0. The number of hydrogen-bond acceptors (Lipinski definition) is 4. The Labute approximate surface area is 110 Å². The maximum atomic E-state index is 12.6. The summed E-state index contributed by atoms with van der Waals surface area (Å²) in [5.41, 5.74) is -1.20. The molecule has 0 unspecified atom stereocenters. The van der Waals surface area contributed by atoms with Gasteiger partial charge in [0, 0.05) is 4.75 Å². The molecule has 8 heteroatoms. The molecule has 0 atom stereocenters. The van der Waals surface area contributed by atoms with Crippen molar-refractivity contribution in [1.82, 2.24) is 4.98 Å². The minimum absolute atomic E-state index is 0.282. The predicted molar refractivity (Wildman–Crippen MR) is 63.8 cm³/mol. The summed E-state index contributed by atoms with van der Waals surface area (Å²) in [6.07, 6.45) is -4.66. The molecule has 0 aliphatic heterocycles. The Kier molecular flexibility index (Phi) is 4.16. The highest BCUT2D eigenvalue weighted by molar-refractivity contribution is 8.15. The zero-order valence-corrected chi connectivity index (χ0v) is 11.6. The Hall–Kier alpha value is -0.270. The Balaban J connectivity index is 3.10. The fraction of sp³-hybridized carbons (Fsp3) is 0.556. The van der Waals surface area contributed by atoms with Crippen LogP contribution in [0.5, 0.6) is 0 Å². The van der Waals surface area contributed by atoms with Crippen LogP contribution in [0.4, 0.5) is 13.2 Å². The standard InChI is InChI=1S/C9H9ClF3NOS2/c1-8(2,3)17-6(15)4-5(9(11,12)13)14-7(10)16-4/h1-3H3. The highest BCUT2D eigenvalue weighted by Gasteiger charge is 2.40. The summed E-state index contributed by atoms with van der Waals surface area (Å²) in [7, 11) is 0. The lowest BCUT2D eigenvalue weighted by Crippen LogP contribution is -2.15. The summed E-state index contributed by atoms with van der Waals surface area (Å²) >= 11 is 6.81. The van der Waals surface area contributed by atoms with Gasteiger partial charge in [-0.05, 0) is 0 Å². The van der Waals surface area contributed by atoms with Crippen LogP contribution in [-0.2, 0) is 6.18 Å². The Morgan fingerprint density at radius 1 is 1.35 bits per heavy atom. The Morgan fingerprint density at radius 2 is 1.88 bits per heavy atom. The van der Waals surface area contributed by atoms with E-state index in [1.165, 1.54) is 0 Å². The molecule has 1 aromatic rings. The molecule has 96 valence electrons. The van der Waals surface area contributed by atoms with E-state index in [-0.39, 0.29) is 4.47 Å². The Morgan fingerprint density at radius 3 is 2.29 bits per heavy atom. The minimum atomic E-state index is -4.66.